The standard InChI is InChI=1S/C23H21.C15H14.C10H15.2ClH.Zr/c1-22(2)7-5-14-10-18-16(12-20(14)22)9-17-13-21-15(11-19(17)18)6-8-23(21,3)4;1-12-3-7-14(8-4-12)11-15-9-5-13(2)6-10-15;1-8-5-6-9(7-8)10(2,3)4;;;/h5-7,10-13H,9H2,1-4H3;3-10H,1-2H3;5-7H,1-4H3;2*1H;/q-1;;-1;;;+2/p-2. The van der Waals surface area contributed by atoms with Gasteiger partial charge >= 0.3 is 112 Å². The summed E-state index contributed by atoms with van der Waals surface area (Å²) in [6.07, 6.45) is 11.4. The van der Waals surface area contributed by atoms with Crippen LogP contribution in [0.1, 0.15) is 115 Å². The van der Waals surface area contributed by atoms with Gasteiger partial charge in [-0.15, -0.1) is 11.6 Å². The SMILES string of the molecule is CC1(C)[C-]=Cc2cc3c(cc21)Cc1cc2c(cc1-3)C=CC2(C)C.Cc1cc(C(C)(C)C)c[cH-]1.Cc1ccc([C](=[Zr+2])c2ccc(C)cc2)cc1.[Cl-].[Cl-]. The van der Waals surface area contributed by atoms with Crippen molar-refractivity contribution in [1.29, 1.82) is 0 Å². The maximum Gasteiger partial charge on any atom is -1.00 e. The third-order valence-electron chi connectivity index (χ3n) is 10.3. The molecule has 0 bridgehead atoms. The van der Waals surface area contributed by atoms with Crippen LogP contribution in [0, 0.1) is 26.8 Å². The zero-order valence-electron chi connectivity index (χ0n) is 31.9. The average Bonchev–Trinajstić information content (AvgIpc) is 3.80. The van der Waals surface area contributed by atoms with Gasteiger partial charge in [0.2, 0.25) is 0 Å². The second-order valence-electron chi connectivity index (χ2n) is 16.4. The van der Waals surface area contributed by atoms with Gasteiger partial charge in [0, 0.05) is 5.41 Å². The topological polar surface area (TPSA) is 0 Å². The van der Waals surface area contributed by atoms with Crippen LogP contribution < -0.4 is 24.8 Å². The summed E-state index contributed by atoms with van der Waals surface area (Å²) in [5.41, 5.74) is 20.1. The van der Waals surface area contributed by atoms with Gasteiger partial charge in [0.25, 0.3) is 0 Å². The van der Waals surface area contributed by atoms with Gasteiger partial charge in [-0.2, -0.15) is 28.8 Å². The minimum absolute atomic E-state index is 0. The molecule has 0 fully saturated rings. The quantitative estimate of drug-likeness (QED) is 0.186. The summed E-state index contributed by atoms with van der Waals surface area (Å²) in [5, 5.41) is 0. The Morgan fingerprint density at radius 2 is 1.22 bits per heavy atom. The fourth-order valence-electron chi connectivity index (χ4n) is 7.04. The first-order valence-electron chi connectivity index (χ1n) is 17.6. The van der Waals surface area contributed by atoms with Crippen LogP contribution in [0.3, 0.4) is 0 Å². The minimum atomic E-state index is 0. The second-order valence-corrected chi connectivity index (χ2v) is 17.6. The van der Waals surface area contributed by atoms with Crippen molar-refractivity contribution in [2.24, 2.45) is 0 Å². The predicted octanol–water partition coefficient (Wildman–Crippen LogP) is 6.11. The minimum Gasteiger partial charge on any atom is -1.00 e. The van der Waals surface area contributed by atoms with Gasteiger partial charge < -0.3 is 24.8 Å². The molecule has 3 aliphatic rings. The zero-order chi connectivity index (χ0) is 35.3. The Morgan fingerprint density at radius 3 is 1.69 bits per heavy atom. The molecule has 51 heavy (non-hydrogen) atoms. The number of fused-ring (bicyclic) bond motifs is 5. The van der Waals surface area contributed by atoms with Crippen molar-refractivity contribution < 1.29 is 49.0 Å². The Bertz CT molecular complexity index is 1970. The van der Waals surface area contributed by atoms with E-state index in [1.807, 2.05) is 0 Å². The average molecular weight is 789 g/mol. The van der Waals surface area contributed by atoms with Crippen molar-refractivity contribution in [2.75, 3.05) is 0 Å². The van der Waals surface area contributed by atoms with Crippen LogP contribution in [0.15, 0.2) is 97.1 Å². The molecular weight excluding hydrogens is 739 g/mol. The number of rotatable bonds is 2. The fraction of sp³-hybridized carbons (Fsp3) is 0.292. The molecule has 5 aromatic rings. The molecular formula is C48H50Cl2Zr-2. The van der Waals surface area contributed by atoms with Crippen LogP contribution in [0.4, 0.5) is 0 Å². The van der Waals surface area contributed by atoms with Gasteiger partial charge in [0.1, 0.15) is 0 Å². The van der Waals surface area contributed by atoms with Gasteiger partial charge in [0.05, 0.1) is 0 Å². The normalized spacial score (nSPS) is 14.7. The molecule has 0 N–H and O–H groups in total. The first-order valence-corrected chi connectivity index (χ1v) is 18.9. The van der Waals surface area contributed by atoms with E-state index in [9.17, 15) is 0 Å². The van der Waals surface area contributed by atoms with Crippen LogP contribution in [-0.4, -0.2) is 3.21 Å². The summed E-state index contributed by atoms with van der Waals surface area (Å²) >= 11 is 1.46. The molecule has 0 aromatic heterocycles. The number of aryl methyl sites for hydroxylation is 3. The fourth-order valence-corrected chi connectivity index (χ4v) is 7.86. The molecule has 0 saturated carbocycles. The maximum absolute atomic E-state index is 3.50. The number of halogens is 2. The third kappa shape index (κ3) is 8.82. The summed E-state index contributed by atoms with van der Waals surface area (Å²) in [6, 6.07) is 33.8. The van der Waals surface area contributed by atoms with E-state index in [0.29, 0.717) is 5.41 Å². The van der Waals surface area contributed by atoms with Crippen LogP contribution in [0.5, 0.6) is 0 Å². The molecule has 3 heteroatoms. The number of allylic oxidation sites excluding steroid dienone is 2. The number of benzene rings is 4. The molecule has 0 amide bonds. The molecule has 8 rings (SSSR count). The molecule has 0 saturated heterocycles. The summed E-state index contributed by atoms with van der Waals surface area (Å²) in [6.45, 7) is 22.2. The van der Waals surface area contributed by atoms with E-state index in [1.165, 1.54) is 105 Å². The first-order chi connectivity index (χ1) is 23.0. The van der Waals surface area contributed by atoms with Crippen molar-refractivity contribution in [3.8, 4) is 11.1 Å². The number of hydrogen-bond acceptors (Lipinski definition) is 0. The molecule has 0 spiro atoms. The van der Waals surface area contributed by atoms with Crippen molar-refractivity contribution in [3.63, 3.8) is 0 Å². The van der Waals surface area contributed by atoms with E-state index < -0.39 is 0 Å². The van der Waals surface area contributed by atoms with Crippen molar-refractivity contribution in [3.05, 3.63) is 170 Å². The third-order valence-corrected chi connectivity index (χ3v) is 11.7. The van der Waals surface area contributed by atoms with Gasteiger partial charge in [0.15, 0.2) is 0 Å². The van der Waals surface area contributed by atoms with Gasteiger partial charge in [-0.05, 0) is 45.9 Å². The van der Waals surface area contributed by atoms with Crippen LogP contribution in [0.25, 0.3) is 23.3 Å². The molecule has 0 aliphatic heterocycles. The van der Waals surface area contributed by atoms with Crippen LogP contribution in [-0.2, 0) is 46.9 Å². The smallest absolute Gasteiger partial charge is 1.00 e. The Balaban J connectivity index is 0.000000183. The first kappa shape index (κ1) is 40.8. The Morgan fingerprint density at radius 1 is 0.706 bits per heavy atom. The molecule has 0 atom stereocenters. The maximum atomic E-state index is 3.50. The predicted molar refractivity (Wildman–Crippen MR) is 209 cm³/mol. The molecule has 5 aromatic carbocycles. The van der Waals surface area contributed by atoms with E-state index >= 15 is 0 Å². The Hall–Kier alpha value is -2.96. The Labute approximate surface area is 335 Å². The van der Waals surface area contributed by atoms with Crippen LogP contribution >= 0.6 is 0 Å². The van der Waals surface area contributed by atoms with Gasteiger partial charge in [-0.3, -0.25) is 6.08 Å². The molecule has 0 heterocycles. The van der Waals surface area contributed by atoms with E-state index in [2.05, 4.69) is 185 Å². The second kappa shape index (κ2) is 15.6. The van der Waals surface area contributed by atoms with E-state index in [0.717, 1.165) is 6.42 Å². The molecule has 0 radical (unpaired) electrons. The summed E-state index contributed by atoms with van der Waals surface area (Å²) in [5.74, 6) is 0. The van der Waals surface area contributed by atoms with Crippen molar-refractivity contribution in [2.45, 2.75) is 91.9 Å². The van der Waals surface area contributed by atoms with E-state index in [4.69, 9.17) is 0 Å². The molecule has 262 valence electrons. The molecule has 3 aliphatic carbocycles. The Kier molecular flexibility index (Phi) is 12.5. The summed E-state index contributed by atoms with van der Waals surface area (Å²) in [7, 11) is 0. The molecule has 0 nitrogen and oxygen atoms in total. The largest absolute Gasteiger partial charge is 1.00 e. The van der Waals surface area contributed by atoms with Crippen molar-refractivity contribution in [1.82, 2.24) is 0 Å². The monoisotopic (exact) mass is 786 g/mol. The van der Waals surface area contributed by atoms with Gasteiger partial charge in [-0.1, -0.05) is 90.5 Å². The van der Waals surface area contributed by atoms with E-state index in [1.54, 1.807) is 0 Å². The summed E-state index contributed by atoms with van der Waals surface area (Å²) < 4.78 is 1.42. The summed E-state index contributed by atoms with van der Waals surface area (Å²) in [4.78, 5) is 0. The van der Waals surface area contributed by atoms with E-state index in [-0.39, 0.29) is 35.6 Å². The van der Waals surface area contributed by atoms with Gasteiger partial charge in [-0.25, -0.2) is 12.1 Å². The molecule has 0 unspecified atom stereocenters. The van der Waals surface area contributed by atoms with Crippen molar-refractivity contribution >= 4 is 15.4 Å². The zero-order valence-corrected chi connectivity index (χ0v) is 35.8. The van der Waals surface area contributed by atoms with Crippen LogP contribution in [0.2, 0.25) is 0 Å². The number of hydrogen-bond donors (Lipinski definition) is 0.